The van der Waals surface area contributed by atoms with E-state index >= 15 is 0 Å². The zero-order valence-electron chi connectivity index (χ0n) is 11.4. The lowest BCUT2D eigenvalue weighted by atomic mass is 9.97. The Bertz CT molecular complexity index is 362. The highest BCUT2D eigenvalue weighted by Gasteiger charge is 2.21. The van der Waals surface area contributed by atoms with Crippen LogP contribution in [0.15, 0.2) is 30.3 Å². The Morgan fingerprint density at radius 3 is 2.39 bits per heavy atom. The zero-order valence-corrected chi connectivity index (χ0v) is 11.4. The van der Waals surface area contributed by atoms with Gasteiger partial charge in [-0.15, -0.1) is 0 Å². The monoisotopic (exact) mass is 249 g/mol. The van der Waals surface area contributed by atoms with E-state index in [1.807, 2.05) is 51.1 Å². The number of hydrogen-bond donors (Lipinski definition) is 1. The van der Waals surface area contributed by atoms with Gasteiger partial charge in [0.05, 0.1) is 6.04 Å². The van der Waals surface area contributed by atoms with Crippen LogP contribution in [0.5, 0.6) is 5.75 Å². The molecule has 0 aromatic heterocycles. The number of benzene rings is 1. The van der Waals surface area contributed by atoms with Crippen molar-refractivity contribution in [2.75, 3.05) is 0 Å². The minimum atomic E-state index is -0.432. The Labute approximate surface area is 109 Å². The van der Waals surface area contributed by atoms with Gasteiger partial charge in [-0.25, -0.2) is 0 Å². The van der Waals surface area contributed by atoms with Gasteiger partial charge in [-0.05, 0) is 18.6 Å². The first kappa shape index (κ1) is 14.7. The molecule has 1 aromatic rings. The molecule has 1 rings (SSSR count). The van der Waals surface area contributed by atoms with Crippen molar-refractivity contribution >= 4 is 5.78 Å². The molecule has 2 N–H and O–H groups in total. The number of carbonyl (C=O) groups excluding carboxylic acids is 1. The quantitative estimate of drug-likeness (QED) is 0.808. The van der Waals surface area contributed by atoms with Gasteiger partial charge in [-0.3, -0.25) is 4.79 Å². The largest absolute Gasteiger partial charge is 0.490 e. The molecule has 0 saturated carbocycles. The second-order valence-corrected chi connectivity index (χ2v) is 4.86. The van der Waals surface area contributed by atoms with Crippen molar-refractivity contribution in [3.8, 4) is 5.75 Å². The van der Waals surface area contributed by atoms with E-state index in [1.165, 1.54) is 0 Å². The number of carbonyl (C=O) groups is 1. The molecule has 0 bridgehead atoms. The number of nitrogens with two attached hydrogens (primary N) is 1. The molecule has 0 saturated heterocycles. The molecule has 0 spiro atoms. The predicted molar refractivity (Wildman–Crippen MR) is 73.6 cm³/mol. The molecule has 0 fully saturated rings. The summed E-state index contributed by atoms with van der Waals surface area (Å²) in [6.45, 7) is 5.79. The maximum absolute atomic E-state index is 11.8. The van der Waals surface area contributed by atoms with Gasteiger partial charge in [0.1, 0.15) is 11.9 Å². The Hall–Kier alpha value is -1.35. The maximum atomic E-state index is 11.8. The number of para-hydroxylation sites is 1. The van der Waals surface area contributed by atoms with Crippen LogP contribution in [0, 0.1) is 5.92 Å². The van der Waals surface area contributed by atoms with Gasteiger partial charge >= 0.3 is 0 Å². The molecular formula is C15H23NO2. The summed E-state index contributed by atoms with van der Waals surface area (Å²) in [6.07, 6.45) is 1.40. The second-order valence-electron chi connectivity index (χ2n) is 4.86. The van der Waals surface area contributed by atoms with Crippen LogP contribution >= 0.6 is 0 Å². The molecule has 0 heterocycles. The Morgan fingerprint density at radius 2 is 1.89 bits per heavy atom. The summed E-state index contributed by atoms with van der Waals surface area (Å²) in [6, 6.07) is 9.21. The molecule has 0 aliphatic carbocycles. The first-order chi connectivity index (χ1) is 8.54. The molecule has 3 heteroatoms. The fourth-order valence-electron chi connectivity index (χ4n) is 1.82. The van der Waals surface area contributed by atoms with E-state index in [0.717, 1.165) is 12.2 Å². The van der Waals surface area contributed by atoms with Crippen molar-refractivity contribution in [2.45, 2.75) is 45.8 Å². The smallest absolute Gasteiger partial charge is 0.152 e. The summed E-state index contributed by atoms with van der Waals surface area (Å²) in [5.74, 6) is 0.910. The fourth-order valence-corrected chi connectivity index (χ4v) is 1.82. The van der Waals surface area contributed by atoms with E-state index in [2.05, 4.69) is 0 Å². The van der Waals surface area contributed by atoms with Gasteiger partial charge in [-0.1, -0.05) is 39.0 Å². The molecular weight excluding hydrogens is 226 g/mol. The van der Waals surface area contributed by atoms with Crippen LogP contribution in [0.3, 0.4) is 0 Å². The van der Waals surface area contributed by atoms with Gasteiger partial charge in [-0.2, -0.15) is 0 Å². The normalized spacial score (nSPS) is 14.3. The number of hydrogen-bond acceptors (Lipinski definition) is 3. The van der Waals surface area contributed by atoms with Crippen molar-refractivity contribution in [1.82, 2.24) is 0 Å². The summed E-state index contributed by atoms with van der Waals surface area (Å²) < 4.78 is 5.83. The van der Waals surface area contributed by atoms with Gasteiger partial charge < -0.3 is 10.5 Å². The molecule has 0 aliphatic heterocycles. The second kappa shape index (κ2) is 7.17. The molecule has 0 radical (unpaired) electrons. The average Bonchev–Trinajstić information content (AvgIpc) is 2.37. The van der Waals surface area contributed by atoms with E-state index in [-0.39, 0.29) is 17.8 Å². The van der Waals surface area contributed by atoms with Crippen LogP contribution in [0.1, 0.15) is 33.6 Å². The summed E-state index contributed by atoms with van der Waals surface area (Å²) in [5, 5.41) is 0. The van der Waals surface area contributed by atoms with Gasteiger partial charge in [0, 0.05) is 12.3 Å². The fraction of sp³-hybridized carbons (Fsp3) is 0.533. The SMILES string of the molecule is CC[C@H](C[C@H](N)C(=O)C(C)C)Oc1ccccc1. The molecule has 18 heavy (non-hydrogen) atoms. The van der Waals surface area contributed by atoms with E-state index in [0.29, 0.717) is 6.42 Å². The number of ketones is 1. The lowest BCUT2D eigenvalue weighted by Gasteiger charge is -2.21. The molecule has 3 nitrogen and oxygen atoms in total. The number of Topliss-reactive ketones (excluding diaryl/α,β-unsaturated/α-hetero) is 1. The molecule has 100 valence electrons. The van der Waals surface area contributed by atoms with Gasteiger partial charge in [0.2, 0.25) is 0 Å². The Morgan fingerprint density at radius 1 is 1.28 bits per heavy atom. The lowest BCUT2D eigenvalue weighted by molar-refractivity contribution is -0.123. The van der Waals surface area contributed by atoms with Crippen LogP contribution in [0.25, 0.3) is 0 Å². The van der Waals surface area contributed by atoms with E-state index in [9.17, 15) is 4.79 Å². The molecule has 0 aliphatic rings. The topological polar surface area (TPSA) is 52.3 Å². The minimum Gasteiger partial charge on any atom is -0.490 e. The van der Waals surface area contributed by atoms with Crippen molar-refractivity contribution in [3.05, 3.63) is 30.3 Å². The minimum absolute atomic E-state index is 0.00917. The standard InChI is InChI=1S/C15H23NO2/c1-4-12(10-14(16)15(17)11(2)3)18-13-8-6-5-7-9-13/h5-9,11-12,14H,4,10,16H2,1-3H3/t12-,14+/m1/s1. The molecule has 0 amide bonds. The number of ether oxygens (including phenoxy) is 1. The van der Waals surface area contributed by atoms with Crippen molar-refractivity contribution in [1.29, 1.82) is 0 Å². The van der Waals surface area contributed by atoms with Gasteiger partial charge in [0.15, 0.2) is 5.78 Å². The Balaban J connectivity index is 2.55. The van der Waals surface area contributed by atoms with Crippen LogP contribution in [0.2, 0.25) is 0 Å². The molecule has 1 aromatic carbocycles. The maximum Gasteiger partial charge on any atom is 0.152 e. The van der Waals surface area contributed by atoms with E-state index in [4.69, 9.17) is 10.5 Å². The van der Waals surface area contributed by atoms with Crippen LogP contribution in [-0.4, -0.2) is 17.9 Å². The zero-order chi connectivity index (χ0) is 13.5. The average molecular weight is 249 g/mol. The first-order valence-corrected chi connectivity index (χ1v) is 6.55. The lowest BCUT2D eigenvalue weighted by Crippen LogP contribution is -2.38. The highest BCUT2D eigenvalue weighted by Crippen LogP contribution is 2.16. The summed E-state index contributed by atoms with van der Waals surface area (Å²) in [4.78, 5) is 11.8. The van der Waals surface area contributed by atoms with Crippen LogP contribution in [0.4, 0.5) is 0 Å². The van der Waals surface area contributed by atoms with Crippen molar-refractivity contribution < 1.29 is 9.53 Å². The highest BCUT2D eigenvalue weighted by molar-refractivity contribution is 5.85. The molecule has 0 unspecified atom stereocenters. The van der Waals surface area contributed by atoms with Crippen LogP contribution < -0.4 is 10.5 Å². The first-order valence-electron chi connectivity index (χ1n) is 6.55. The van der Waals surface area contributed by atoms with E-state index < -0.39 is 6.04 Å². The summed E-state index contributed by atoms with van der Waals surface area (Å²) in [5.41, 5.74) is 5.92. The summed E-state index contributed by atoms with van der Waals surface area (Å²) in [7, 11) is 0. The highest BCUT2D eigenvalue weighted by atomic mass is 16.5. The third kappa shape index (κ3) is 4.49. The summed E-state index contributed by atoms with van der Waals surface area (Å²) >= 11 is 0. The molecule has 2 atom stereocenters. The third-order valence-corrected chi connectivity index (χ3v) is 2.95. The Kier molecular flexibility index (Phi) is 5.86. The third-order valence-electron chi connectivity index (χ3n) is 2.95. The van der Waals surface area contributed by atoms with Gasteiger partial charge in [0.25, 0.3) is 0 Å². The van der Waals surface area contributed by atoms with E-state index in [1.54, 1.807) is 0 Å². The predicted octanol–water partition coefficient (Wildman–Crippen LogP) is 2.79. The van der Waals surface area contributed by atoms with Crippen LogP contribution in [-0.2, 0) is 4.79 Å². The van der Waals surface area contributed by atoms with Crippen molar-refractivity contribution in [3.63, 3.8) is 0 Å². The van der Waals surface area contributed by atoms with Crippen molar-refractivity contribution in [2.24, 2.45) is 11.7 Å². The number of rotatable bonds is 7.